The molecule has 18 heavy (non-hydrogen) atoms. The topological polar surface area (TPSA) is 122 Å². The van der Waals surface area contributed by atoms with Crippen molar-refractivity contribution >= 4 is 21.6 Å². The summed E-state index contributed by atoms with van der Waals surface area (Å²) in [4.78, 5) is 11.9. The third kappa shape index (κ3) is 4.17. The molecule has 0 aromatic heterocycles. The van der Waals surface area contributed by atoms with Crippen LogP contribution in [-0.2, 0) is 14.6 Å². The van der Waals surface area contributed by atoms with E-state index in [1.807, 2.05) is 0 Å². The first-order chi connectivity index (χ1) is 8.23. The summed E-state index contributed by atoms with van der Waals surface area (Å²) in [6, 6.07) is 0. The van der Waals surface area contributed by atoms with Crippen molar-refractivity contribution in [3.63, 3.8) is 0 Å². The number of nitrogens with zero attached hydrogens (tertiary/aromatic N) is 1. The van der Waals surface area contributed by atoms with Crippen LogP contribution in [0.4, 0.5) is 0 Å². The molecule has 7 nitrogen and oxygen atoms in total. The van der Waals surface area contributed by atoms with Crippen LogP contribution in [0.25, 0.3) is 0 Å². The zero-order valence-electron chi connectivity index (χ0n) is 10.9. The molecule has 106 valence electrons. The molecule has 0 rings (SSSR count). The highest BCUT2D eigenvalue weighted by molar-refractivity contribution is 7.91. The van der Waals surface area contributed by atoms with Gasteiger partial charge in [0, 0.05) is 12.3 Å². The van der Waals surface area contributed by atoms with E-state index in [-0.39, 0.29) is 23.9 Å². The average molecular weight is 279 g/mol. The molecule has 0 saturated heterocycles. The van der Waals surface area contributed by atoms with E-state index in [9.17, 15) is 13.2 Å². The number of hydrogen-bond donors (Lipinski definition) is 3. The number of sulfone groups is 1. The first-order valence-corrected chi connectivity index (χ1v) is 7.52. The highest BCUT2D eigenvalue weighted by Gasteiger charge is 2.36. The highest BCUT2D eigenvalue weighted by Crippen LogP contribution is 2.21. The summed E-state index contributed by atoms with van der Waals surface area (Å²) in [5, 5.41) is 14.0. The van der Waals surface area contributed by atoms with Gasteiger partial charge in [0.15, 0.2) is 15.7 Å². The fourth-order valence-electron chi connectivity index (χ4n) is 1.23. The fourth-order valence-corrected chi connectivity index (χ4v) is 1.93. The third-order valence-electron chi connectivity index (χ3n) is 3.02. The van der Waals surface area contributed by atoms with Crippen LogP contribution in [0.1, 0.15) is 27.2 Å². The molecule has 0 spiro atoms. The summed E-state index contributed by atoms with van der Waals surface area (Å²) >= 11 is 0. The van der Waals surface area contributed by atoms with E-state index in [1.165, 1.54) is 6.92 Å². The van der Waals surface area contributed by atoms with E-state index in [2.05, 4.69) is 10.5 Å². The second-order valence-electron chi connectivity index (χ2n) is 4.16. The molecule has 0 aliphatic carbocycles. The van der Waals surface area contributed by atoms with Crippen LogP contribution in [0.2, 0.25) is 0 Å². The Morgan fingerprint density at radius 1 is 1.44 bits per heavy atom. The van der Waals surface area contributed by atoms with Gasteiger partial charge in [0.2, 0.25) is 5.91 Å². The molecular formula is C10H21N3O4S. The molecule has 1 atom stereocenters. The number of nitrogens with one attached hydrogen (secondary N) is 1. The number of rotatable bonds is 7. The number of carbonyl (C=O) groups excluding carboxylic acids is 1. The molecule has 0 aliphatic rings. The van der Waals surface area contributed by atoms with Gasteiger partial charge >= 0.3 is 0 Å². The van der Waals surface area contributed by atoms with Crippen molar-refractivity contribution in [3.05, 3.63) is 0 Å². The zero-order valence-corrected chi connectivity index (χ0v) is 11.7. The Labute approximate surface area is 107 Å². The van der Waals surface area contributed by atoms with E-state index < -0.39 is 21.2 Å². The van der Waals surface area contributed by atoms with Gasteiger partial charge in [0.1, 0.15) is 5.41 Å². The Morgan fingerprint density at radius 2 is 2.00 bits per heavy atom. The monoisotopic (exact) mass is 279 g/mol. The van der Waals surface area contributed by atoms with Gasteiger partial charge in [-0.15, -0.1) is 0 Å². The lowest BCUT2D eigenvalue weighted by atomic mass is 9.85. The second-order valence-corrected chi connectivity index (χ2v) is 6.64. The van der Waals surface area contributed by atoms with Crippen LogP contribution in [0.15, 0.2) is 5.16 Å². The number of hydrogen-bond acceptors (Lipinski definition) is 5. The normalized spacial score (nSPS) is 16.1. The van der Waals surface area contributed by atoms with Gasteiger partial charge in [-0.1, -0.05) is 19.0 Å². The SMILES string of the molecule is CCC(C)(C(=O)NCCS(=O)(=O)CC)C(N)=NO. The summed E-state index contributed by atoms with van der Waals surface area (Å²) in [5.41, 5.74) is 4.33. The van der Waals surface area contributed by atoms with Crippen molar-refractivity contribution < 1.29 is 18.4 Å². The lowest BCUT2D eigenvalue weighted by molar-refractivity contribution is -0.127. The molecule has 0 heterocycles. The Balaban J connectivity index is 4.58. The third-order valence-corrected chi connectivity index (χ3v) is 4.73. The van der Waals surface area contributed by atoms with E-state index >= 15 is 0 Å². The Bertz CT molecular complexity index is 419. The smallest absolute Gasteiger partial charge is 0.233 e. The number of oxime groups is 1. The minimum atomic E-state index is -3.12. The minimum Gasteiger partial charge on any atom is -0.409 e. The van der Waals surface area contributed by atoms with Crippen LogP contribution in [-0.4, -0.2) is 43.4 Å². The maximum Gasteiger partial charge on any atom is 0.233 e. The quantitative estimate of drug-likeness (QED) is 0.255. The highest BCUT2D eigenvalue weighted by atomic mass is 32.2. The Hall–Kier alpha value is -1.31. The van der Waals surface area contributed by atoms with Crippen molar-refractivity contribution in [1.82, 2.24) is 5.32 Å². The lowest BCUT2D eigenvalue weighted by Gasteiger charge is -2.25. The molecule has 8 heteroatoms. The summed E-state index contributed by atoms with van der Waals surface area (Å²) in [5.74, 6) is -0.730. The van der Waals surface area contributed by atoms with Crippen molar-refractivity contribution in [2.45, 2.75) is 27.2 Å². The molecule has 0 aliphatic heterocycles. The van der Waals surface area contributed by atoms with Crippen LogP contribution in [0.3, 0.4) is 0 Å². The van der Waals surface area contributed by atoms with Crippen molar-refractivity contribution in [1.29, 1.82) is 0 Å². The van der Waals surface area contributed by atoms with Crippen LogP contribution in [0.5, 0.6) is 0 Å². The molecule has 0 radical (unpaired) electrons. The summed E-state index contributed by atoms with van der Waals surface area (Å²) in [7, 11) is -3.12. The molecule has 1 amide bonds. The van der Waals surface area contributed by atoms with Crippen LogP contribution < -0.4 is 11.1 Å². The van der Waals surface area contributed by atoms with E-state index in [1.54, 1.807) is 13.8 Å². The minimum absolute atomic E-state index is 0.0172. The molecule has 0 saturated carbocycles. The standard InChI is InChI=1S/C10H21N3O4S/c1-4-10(3,8(11)13-15)9(14)12-6-7-18(16,17)5-2/h15H,4-7H2,1-3H3,(H2,11,13)(H,12,14). The maximum absolute atomic E-state index is 11.9. The summed E-state index contributed by atoms with van der Waals surface area (Å²) in [6.07, 6.45) is 0.343. The predicted molar refractivity (Wildman–Crippen MR) is 69.1 cm³/mol. The number of nitrogens with two attached hydrogens (primary N) is 1. The van der Waals surface area contributed by atoms with Crippen molar-refractivity contribution in [2.75, 3.05) is 18.1 Å². The molecule has 0 aromatic rings. The first-order valence-electron chi connectivity index (χ1n) is 5.70. The maximum atomic E-state index is 11.9. The van der Waals surface area contributed by atoms with Crippen LogP contribution >= 0.6 is 0 Å². The average Bonchev–Trinajstić information content (AvgIpc) is 2.36. The van der Waals surface area contributed by atoms with Crippen molar-refractivity contribution in [2.24, 2.45) is 16.3 Å². The molecule has 0 aromatic carbocycles. The van der Waals surface area contributed by atoms with Crippen molar-refractivity contribution in [3.8, 4) is 0 Å². The number of amidine groups is 1. The van der Waals surface area contributed by atoms with E-state index in [4.69, 9.17) is 10.9 Å². The lowest BCUT2D eigenvalue weighted by Crippen LogP contribution is -2.48. The van der Waals surface area contributed by atoms with Gasteiger partial charge in [-0.25, -0.2) is 8.42 Å². The predicted octanol–water partition coefficient (Wildman–Crippen LogP) is -0.300. The molecule has 1 unspecified atom stereocenters. The largest absolute Gasteiger partial charge is 0.409 e. The molecule has 0 fully saturated rings. The Morgan fingerprint density at radius 3 is 2.39 bits per heavy atom. The van der Waals surface area contributed by atoms with Gasteiger partial charge in [0.25, 0.3) is 0 Å². The van der Waals surface area contributed by atoms with Gasteiger partial charge in [0.05, 0.1) is 5.75 Å². The first kappa shape index (κ1) is 16.7. The van der Waals surface area contributed by atoms with Gasteiger partial charge < -0.3 is 16.3 Å². The number of carbonyl (C=O) groups is 1. The van der Waals surface area contributed by atoms with Gasteiger partial charge in [-0.2, -0.15) is 0 Å². The van der Waals surface area contributed by atoms with E-state index in [0.717, 1.165) is 0 Å². The second kappa shape index (κ2) is 6.58. The molecule has 0 bridgehead atoms. The van der Waals surface area contributed by atoms with Crippen LogP contribution in [0, 0.1) is 5.41 Å². The van der Waals surface area contributed by atoms with E-state index in [0.29, 0.717) is 6.42 Å². The molecule has 4 N–H and O–H groups in total. The number of amides is 1. The van der Waals surface area contributed by atoms with Gasteiger partial charge in [-0.05, 0) is 13.3 Å². The summed E-state index contributed by atoms with van der Waals surface area (Å²) < 4.78 is 22.5. The Kier molecular flexibility index (Phi) is 6.10. The zero-order chi connectivity index (χ0) is 14.4. The fraction of sp³-hybridized carbons (Fsp3) is 0.800. The van der Waals surface area contributed by atoms with Gasteiger partial charge in [-0.3, -0.25) is 4.79 Å². The summed E-state index contributed by atoms with van der Waals surface area (Å²) in [6.45, 7) is 4.82. The molecular weight excluding hydrogens is 258 g/mol.